The second-order valence-corrected chi connectivity index (χ2v) is 16.5. The van der Waals surface area contributed by atoms with Gasteiger partial charge in [-0.15, -0.1) is 0 Å². The molecule has 1 aromatic carbocycles. The number of nitrogens with zero attached hydrogens (tertiary/aromatic N) is 5. The fourth-order valence-electron chi connectivity index (χ4n) is 6.58. The van der Waals surface area contributed by atoms with Gasteiger partial charge in [0.15, 0.2) is 0 Å². The fraction of sp³-hybridized carbons (Fsp3) is 0.500. The molecule has 3 aromatic rings. The van der Waals surface area contributed by atoms with Crippen molar-refractivity contribution >= 4 is 54.6 Å². The van der Waals surface area contributed by atoms with Crippen LogP contribution in [0.5, 0.6) is 0 Å². The summed E-state index contributed by atoms with van der Waals surface area (Å²) < 4.78 is 36.2. The lowest BCUT2D eigenvalue weighted by Gasteiger charge is -2.58. The van der Waals surface area contributed by atoms with Gasteiger partial charge in [-0.3, -0.25) is 4.68 Å². The van der Waals surface area contributed by atoms with Crippen molar-refractivity contribution < 1.29 is 17.9 Å². The summed E-state index contributed by atoms with van der Waals surface area (Å²) in [7, 11) is -3.94. The van der Waals surface area contributed by atoms with Crippen LogP contribution in [0.4, 0.5) is 4.79 Å². The largest absolute Gasteiger partial charge is 0.444 e. The number of rotatable bonds is 4. The van der Waals surface area contributed by atoms with Gasteiger partial charge >= 0.3 is 6.09 Å². The Morgan fingerprint density at radius 2 is 1.88 bits per heavy atom. The minimum atomic E-state index is -3.94. The molecule has 3 heterocycles. The first kappa shape index (κ1) is 29.4. The zero-order chi connectivity index (χ0) is 30.4. The zero-order valence-electron chi connectivity index (χ0n) is 24.6. The van der Waals surface area contributed by atoms with Crippen LogP contribution in [0.3, 0.4) is 0 Å². The third-order valence-corrected chi connectivity index (χ3v) is 12.4. The molecule has 1 atom stereocenters. The Labute approximate surface area is 259 Å². The molecule has 1 aliphatic heterocycles. The van der Waals surface area contributed by atoms with Gasteiger partial charge in [-0.2, -0.15) is 14.3 Å². The van der Waals surface area contributed by atoms with E-state index in [1.165, 1.54) is 0 Å². The number of carbonyl (C=O) groups is 1. The van der Waals surface area contributed by atoms with Gasteiger partial charge in [0, 0.05) is 40.2 Å². The number of likely N-dealkylation sites (tertiary alicyclic amines) is 1. The monoisotopic (exact) mass is 675 g/mol. The molecule has 3 aliphatic rings. The summed E-state index contributed by atoms with van der Waals surface area (Å²) in [4.78, 5) is 14.2. The van der Waals surface area contributed by atoms with Crippen LogP contribution < -0.4 is 0 Å². The smallest absolute Gasteiger partial charge is 0.410 e. The second kappa shape index (κ2) is 9.69. The number of amides is 1. The number of benzene rings is 1. The highest BCUT2D eigenvalue weighted by Crippen LogP contribution is 2.55. The highest BCUT2D eigenvalue weighted by molar-refractivity contribution is 9.10. The number of halogens is 2. The first-order valence-corrected chi connectivity index (χ1v) is 16.7. The summed E-state index contributed by atoms with van der Waals surface area (Å²) in [5.41, 5.74) is 3.47. The van der Waals surface area contributed by atoms with Crippen molar-refractivity contribution in [2.45, 2.75) is 77.2 Å². The summed E-state index contributed by atoms with van der Waals surface area (Å²) in [5.74, 6) is 0. The Hall–Kier alpha value is -2.63. The van der Waals surface area contributed by atoms with Gasteiger partial charge in [0.05, 0.1) is 17.8 Å². The molecule has 2 aliphatic carbocycles. The molecule has 224 valence electrons. The lowest BCUT2D eigenvalue weighted by molar-refractivity contribution is -0.0931. The highest BCUT2D eigenvalue weighted by Gasteiger charge is 2.55. The van der Waals surface area contributed by atoms with Crippen LogP contribution in [-0.2, 0) is 14.8 Å². The van der Waals surface area contributed by atoms with Crippen molar-refractivity contribution in [1.82, 2.24) is 23.9 Å². The molecule has 1 unspecified atom stereocenters. The lowest BCUT2D eigenvalue weighted by atomic mass is 9.61. The van der Waals surface area contributed by atoms with Gasteiger partial charge in [0.1, 0.15) is 15.0 Å². The zero-order valence-corrected chi connectivity index (χ0v) is 27.8. The van der Waals surface area contributed by atoms with Gasteiger partial charge < -0.3 is 9.64 Å². The molecular formula is C30H35BrClN5O4S. The molecular weight excluding hydrogens is 642 g/mol. The van der Waals surface area contributed by atoms with Crippen molar-refractivity contribution in [3.05, 3.63) is 57.5 Å². The number of aromatic nitrogens is 4. The molecule has 1 saturated heterocycles. The van der Waals surface area contributed by atoms with Crippen LogP contribution in [-0.4, -0.2) is 61.8 Å². The normalized spacial score (nSPS) is 22.5. The van der Waals surface area contributed by atoms with Gasteiger partial charge in [0.25, 0.3) is 10.0 Å². The Morgan fingerprint density at radius 1 is 1.19 bits per heavy atom. The van der Waals surface area contributed by atoms with Gasteiger partial charge in [-0.05, 0) is 100 Å². The van der Waals surface area contributed by atoms with E-state index in [2.05, 4.69) is 25.7 Å². The number of hydrogen-bond donors (Lipinski definition) is 0. The molecule has 12 heteroatoms. The van der Waals surface area contributed by atoms with E-state index < -0.39 is 20.4 Å². The van der Waals surface area contributed by atoms with Gasteiger partial charge in [-0.25, -0.2) is 13.2 Å². The minimum Gasteiger partial charge on any atom is -0.444 e. The Balaban J connectivity index is 1.27. The fourth-order valence-corrected chi connectivity index (χ4v) is 9.38. The summed E-state index contributed by atoms with van der Waals surface area (Å²) in [5, 5.41) is 10.4. The Bertz CT molecular complexity index is 1790. The van der Waals surface area contributed by atoms with Crippen molar-refractivity contribution in [2.75, 3.05) is 13.1 Å². The van der Waals surface area contributed by atoms with Gasteiger partial charge in [-0.1, -0.05) is 29.8 Å². The predicted molar refractivity (Wildman–Crippen MR) is 167 cm³/mol. The third kappa shape index (κ3) is 4.45. The topological polar surface area (TPSA) is 99.3 Å². The number of hydrogen-bond acceptors (Lipinski definition) is 6. The van der Waals surface area contributed by atoms with E-state index in [1.807, 2.05) is 39.8 Å². The first-order chi connectivity index (χ1) is 19.6. The van der Waals surface area contributed by atoms with E-state index in [4.69, 9.17) is 21.4 Å². The van der Waals surface area contributed by atoms with Crippen LogP contribution in [0.1, 0.15) is 65.6 Å². The minimum absolute atomic E-state index is 0.113. The number of allylic oxidation sites excluding steroid dienone is 3. The molecule has 0 radical (unpaired) electrons. The van der Waals surface area contributed by atoms with Crippen LogP contribution in [0.25, 0.3) is 22.0 Å². The second-order valence-electron chi connectivity index (χ2n) is 13.1. The molecule has 42 heavy (non-hydrogen) atoms. The lowest BCUT2D eigenvalue weighted by Crippen LogP contribution is -2.64. The van der Waals surface area contributed by atoms with Crippen molar-refractivity contribution in [3.8, 4) is 11.1 Å². The Morgan fingerprint density at radius 3 is 2.55 bits per heavy atom. The standard InChI is InChI=1S/C30H35BrClN5O4S/c1-18-23(32)10-8-12-29(18,6)42(39,40)37-24-11-7-9-21(22(24)15-33-37)25-19(2)36(34-26(25)31)20-13-30(14-20)16-35(17-30)27(38)41-28(3,4)5/h7-11,15,20H,12-14,16-17H2,1-6H3. The van der Waals surface area contributed by atoms with E-state index in [-0.39, 0.29) is 17.6 Å². The average Bonchev–Trinajstić information content (AvgIpc) is 3.41. The summed E-state index contributed by atoms with van der Waals surface area (Å²) in [6, 6.07) is 5.82. The van der Waals surface area contributed by atoms with Crippen LogP contribution in [0.2, 0.25) is 0 Å². The van der Waals surface area contributed by atoms with Crippen molar-refractivity contribution in [2.24, 2.45) is 5.41 Å². The summed E-state index contributed by atoms with van der Waals surface area (Å²) >= 11 is 10.0. The molecule has 0 N–H and O–H groups in total. The molecule has 1 amide bonds. The first-order valence-electron chi connectivity index (χ1n) is 14.1. The number of fused-ring (bicyclic) bond motifs is 1. The molecule has 2 aromatic heterocycles. The molecule has 0 bridgehead atoms. The predicted octanol–water partition coefficient (Wildman–Crippen LogP) is 6.95. The van der Waals surface area contributed by atoms with Crippen LogP contribution >= 0.6 is 27.5 Å². The van der Waals surface area contributed by atoms with Crippen LogP contribution in [0.15, 0.2) is 51.8 Å². The van der Waals surface area contributed by atoms with E-state index in [0.29, 0.717) is 40.2 Å². The summed E-state index contributed by atoms with van der Waals surface area (Å²) in [6.07, 6.45) is 7.09. The van der Waals surface area contributed by atoms with E-state index in [1.54, 1.807) is 43.2 Å². The Kier molecular flexibility index (Phi) is 6.79. The molecule has 2 fully saturated rings. The SMILES string of the molecule is CC1=C(Cl)C=CCC1(C)S(=O)(=O)n1ncc2c(-c3c(Br)nn(C4CC5(C4)CN(C(=O)OC(C)(C)C)C5)c3C)cccc21. The number of carbonyl (C=O) groups excluding carboxylic acids is 1. The molecule has 9 nitrogen and oxygen atoms in total. The highest BCUT2D eigenvalue weighted by atomic mass is 79.9. The van der Waals surface area contributed by atoms with Crippen LogP contribution in [0, 0.1) is 12.3 Å². The van der Waals surface area contributed by atoms with Crippen molar-refractivity contribution in [3.63, 3.8) is 0 Å². The van der Waals surface area contributed by atoms with Crippen molar-refractivity contribution in [1.29, 1.82) is 0 Å². The van der Waals surface area contributed by atoms with Gasteiger partial charge in [0.2, 0.25) is 0 Å². The maximum Gasteiger partial charge on any atom is 0.410 e. The average molecular weight is 677 g/mol. The molecule has 1 saturated carbocycles. The molecule has 1 spiro atoms. The third-order valence-electron chi connectivity index (χ3n) is 9.06. The maximum absolute atomic E-state index is 14.0. The quantitative estimate of drug-likeness (QED) is 0.297. The van der Waals surface area contributed by atoms with E-state index in [9.17, 15) is 13.2 Å². The maximum atomic E-state index is 14.0. The molecule has 6 rings (SSSR count). The summed E-state index contributed by atoms with van der Waals surface area (Å²) in [6.45, 7) is 12.5. The van der Waals surface area contributed by atoms with E-state index >= 15 is 0 Å². The number of ether oxygens (including phenoxy) is 1. The van der Waals surface area contributed by atoms with E-state index in [0.717, 1.165) is 39.1 Å².